The van der Waals surface area contributed by atoms with Gasteiger partial charge >= 0.3 is 0 Å². The van der Waals surface area contributed by atoms with Crippen LogP contribution in [0.15, 0.2) is 54.7 Å². The summed E-state index contributed by atoms with van der Waals surface area (Å²) in [5.41, 5.74) is 2.49. The second-order valence-electron chi connectivity index (χ2n) is 4.95. The van der Waals surface area contributed by atoms with Crippen molar-refractivity contribution in [1.29, 1.82) is 5.26 Å². The number of hydrogen-bond donors (Lipinski definition) is 0. The van der Waals surface area contributed by atoms with E-state index in [2.05, 4.69) is 0 Å². The predicted molar refractivity (Wildman–Crippen MR) is 84.5 cm³/mol. The number of pyridine rings is 1. The van der Waals surface area contributed by atoms with Gasteiger partial charge in [0.2, 0.25) is 5.78 Å². The Morgan fingerprint density at radius 1 is 1.13 bits per heavy atom. The molecule has 23 heavy (non-hydrogen) atoms. The second kappa shape index (κ2) is 6.34. The van der Waals surface area contributed by atoms with Crippen LogP contribution in [0.2, 0.25) is 0 Å². The lowest BCUT2D eigenvalue weighted by Crippen LogP contribution is -2.06. The van der Waals surface area contributed by atoms with Gasteiger partial charge in [0.25, 0.3) is 0 Å². The van der Waals surface area contributed by atoms with E-state index < -0.39 is 0 Å². The number of ether oxygens (including phenoxy) is 2. The molecule has 3 rings (SSSR count). The SMILES string of the molecule is COCOc1ccc2ccc(C(=O)c3ccc(C#N)cc3)n2c1. The van der Waals surface area contributed by atoms with E-state index in [1.54, 1.807) is 48.0 Å². The maximum atomic E-state index is 12.7. The van der Waals surface area contributed by atoms with E-state index in [0.29, 0.717) is 22.6 Å². The van der Waals surface area contributed by atoms with Gasteiger partial charge < -0.3 is 13.9 Å². The third-order valence-corrected chi connectivity index (χ3v) is 3.48. The van der Waals surface area contributed by atoms with E-state index in [1.165, 1.54) is 0 Å². The molecule has 2 heterocycles. The number of fused-ring (bicyclic) bond motifs is 1. The molecular weight excluding hydrogens is 292 g/mol. The zero-order valence-corrected chi connectivity index (χ0v) is 12.5. The molecule has 5 heteroatoms. The number of nitrogens with zero attached hydrogens (tertiary/aromatic N) is 2. The van der Waals surface area contributed by atoms with Crippen LogP contribution in [0, 0.1) is 11.3 Å². The highest BCUT2D eigenvalue weighted by molar-refractivity contribution is 6.08. The van der Waals surface area contributed by atoms with Crippen LogP contribution in [0.25, 0.3) is 5.52 Å². The summed E-state index contributed by atoms with van der Waals surface area (Å²) in [6.07, 6.45) is 1.76. The zero-order valence-electron chi connectivity index (χ0n) is 12.5. The van der Waals surface area contributed by atoms with Gasteiger partial charge in [-0.15, -0.1) is 0 Å². The molecule has 114 valence electrons. The van der Waals surface area contributed by atoms with Crippen molar-refractivity contribution in [2.75, 3.05) is 13.9 Å². The summed E-state index contributed by atoms with van der Waals surface area (Å²) >= 11 is 0. The van der Waals surface area contributed by atoms with Gasteiger partial charge in [-0.2, -0.15) is 5.26 Å². The Balaban J connectivity index is 1.97. The molecule has 2 aromatic heterocycles. The molecule has 0 bridgehead atoms. The van der Waals surface area contributed by atoms with Gasteiger partial charge in [-0.1, -0.05) is 0 Å². The van der Waals surface area contributed by atoms with Crippen LogP contribution >= 0.6 is 0 Å². The molecule has 0 radical (unpaired) electrons. The molecule has 3 aromatic rings. The normalized spacial score (nSPS) is 10.4. The van der Waals surface area contributed by atoms with E-state index in [9.17, 15) is 4.79 Å². The first-order valence-electron chi connectivity index (χ1n) is 7.00. The molecule has 0 N–H and O–H groups in total. The number of hydrogen-bond acceptors (Lipinski definition) is 4. The molecule has 1 aromatic carbocycles. The van der Waals surface area contributed by atoms with Gasteiger partial charge in [0.05, 0.1) is 23.5 Å². The highest BCUT2D eigenvalue weighted by Crippen LogP contribution is 2.19. The Hall–Kier alpha value is -3.10. The number of carbonyl (C=O) groups is 1. The van der Waals surface area contributed by atoms with Gasteiger partial charge in [0, 0.05) is 18.2 Å². The molecule has 0 amide bonds. The molecule has 0 saturated heterocycles. The molecule has 0 atom stereocenters. The molecule has 0 spiro atoms. The van der Waals surface area contributed by atoms with Crippen molar-refractivity contribution in [3.05, 3.63) is 71.5 Å². The van der Waals surface area contributed by atoms with Crippen LogP contribution in [0.5, 0.6) is 5.75 Å². The Kier molecular flexibility index (Phi) is 4.09. The number of methoxy groups -OCH3 is 1. The van der Waals surface area contributed by atoms with Crippen LogP contribution in [-0.2, 0) is 4.74 Å². The van der Waals surface area contributed by atoms with Gasteiger partial charge in [-0.25, -0.2) is 0 Å². The van der Waals surface area contributed by atoms with Crippen LogP contribution in [0.1, 0.15) is 21.6 Å². The quantitative estimate of drug-likeness (QED) is 0.537. The average Bonchev–Trinajstić information content (AvgIpc) is 3.02. The number of ketones is 1. The van der Waals surface area contributed by atoms with Crippen molar-refractivity contribution >= 4 is 11.3 Å². The third kappa shape index (κ3) is 2.93. The molecule has 0 unspecified atom stereocenters. The van der Waals surface area contributed by atoms with Gasteiger partial charge in [-0.05, 0) is 48.5 Å². The van der Waals surface area contributed by atoms with Gasteiger partial charge in [-0.3, -0.25) is 4.79 Å². The summed E-state index contributed by atoms with van der Waals surface area (Å²) in [4.78, 5) is 12.7. The maximum Gasteiger partial charge on any atom is 0.209 e. The molecular formula is C18H14N2O3. The third-order valence-electron chi connectivity index (χ3n) is 3.48. The van der Waals surface area contributed by atoms with Crippen molar-refractivity contribution < 1.29 is 14.3 Å². The lowest BCUT2D eigenvalue weighted by atomic mass is 10.1. The van der Waals surface area contributed by atoms with Crippen LogP contribution < -0.4 is 4.74 Å². The minimum atomic E-state index is -0.113. The van der Waals surface area contributed by atoms with Crippen LogP contribution in [0.4, 0.5) is 0 Å². The first-order chi connectivity index (χ1) is 11.2. The first-order valence-corrected chi connectivity index (χ1v) is 7.00. The van der Waals surface area contributed by atoms with Crippen molar-refractivity contribution in [1.82, 2.24) is 4.40 Å². The highest BCUT2D eigenvalue weighted by atomic mass is 16.7. The molecule has 0 aliphatic heterocycles. The summed E-state index contributed by atoms with van der Waals surface area (Å²) in [6.45, 7) is 0.145. The fraction of sp³-hybridized carbons (Fsp3) is 0.111. The maximum absolute atomic E-state index is 12.7. The smallest absolute Gasteiger partial charge is 0.209 e. The summed E-state index contributed by atoms with van der Waals surface area (Å²) in [5, 5.41) is 8.83. The summed E-state index contributed by atoms with van der Waals surface area (Å²) in [6, 6.07) is 16.0. The minimum absolute atomic E-state index is 0.113. The Morgan fingerprint density at radius 2 is 1.87 bits per heavy atom. The predicted octanol–water partition coefficient (Wildman–Crippen LogP) is 3.02. The van der Waals surface area contributed by atoms with E-state index in [0.717, 1.165) is 5.52 Å². The number of rotatable bonds is 5. The topological polar surface area (TPSA) is 63.7 Å². The Bertz CT molecular complexity index is 889. The number of nitriles is 1. The van der Waals surface area contributed by atoms with Crippen molar-refractivity contribution in [3.63, 3.8) is 0 Å². The Morgan fingerprint density at radius 3 is 2.57 bits per heavy atom. The average molecular weight is 306 g/mol. The van der Waals surface area contributed by atoms with E-state index in [1.807, 2.05) is 24.3 Å². The van der Waals surface area contributed by atoms with Crippen molar-refractivity contribution in [3.8, 4) is 11.8 Å². The van der Waals surface area contributed by atoms with Crippen LogP contribution in [0.3, 0.4) is 0 Å². The first kappa shape index (κ1) is 14.8. The number of aromatic nitrogens is 1. The fourth-order valence-electron chi connectivity index (χ4n) is 2.32. The highest BCUT2D eigenvalue weighted by Gasteiger charge is 2.14. The molecule has 5 nitrogen and oxygen atoms in total. The number of benzene rings is 1. The summed E-state index contributed by atoms with van der Waals surface area (Å²) in [5.74, 6) is 0.503. The lowest BCUT2D eigenvalue weighted by Gasteiger charge is -2.07. The van der Waals surface area contributed by atoms with E-state index in [4.69, 9.17) is 14.7 Å². The van der Waals surface area contributed by atoms with Crippen LogP contribution in [-0.4, -0.2) is 24.1 Å². The molecule has 0 saturated carbocycles. The largest absolute Gasteiger partial charge is 0.466 e. The molecule has 0 aliphatic rings. The van der Waals surface area contributed by atoms with Gasteiger partial charge in [0.15, 0.2) is 6.79 Å². The lowest BCUT2D eigenvalue weighted by molar-refractivity contribution is 0.0508. The van der Waals surface area contributed by atoms with Crippen molar-refractivity contribution in [2.45, 2.75) is 0 Å². The fourth-order valence-corrected chi connectivity index (χ4v) is 2.32. The van der Waals surface area contributed by atoms with E-state index in [-0.39, 0.29) is 12.6 Å². The second-order valence-corrected chi connectivity index (χ2v) is 4.95. The summed E-state index contributed by atoms with van der Waals surface area (Å²) in [7, 11) is 1.55. The zero-order chi connectivity index (χ0) is 16.2. The summed E-state index contributed by atoms with van der Waals surface area (Å²) < 4.78 is 12.1. The van der Waals surface area contributed by atoms with E-state index >= 15 is 0 Å². The minimum Gasteiger partial charge on any atom is -0.466 e. The monoisotopic (exact) mass is 306 g/mol. The molecule has 0 fully saturated rings. The van der Waals surface area contributed by atoms with Crippen molar-refractivity contribution in [2.24, 2.45) is 0 Å². The standard InChI is InChI=1S/C18H14N2O3/c1-22-12-23-16-8-6-15-7-9-17(20(15)11-16)18(21)14-4-2-13(10-19)3-5-14/h2-9,11H,12H2,1H3. The number of carbonyl (C=O) groups excluding carboxylic acids is 1. The van der Waals surface area contributed by atoms with Gasteiger partial charge in [0.1, 0.15) is 5.75 Å². The molecule has 0 aliphatic carbocycles. The Labute approximate surface area is 133 Å².